The van der Waals surface area contributed by atoms with Gasteiger partial charge in [0, 0.05) is 16.9 Å². The van der Waals surface area contributed by atoms with Crippen molar-refractivity contribution in [3.05, 3.63) is 70.1 Å². The molecule has 0 aliphatic rings. The first-order valence-corrected chi connectivity index (χ1v) is 12.5. The van der Waals surface area contributed by atoms with Gasteiger partial charge in [-0.1, -0.05) is 50.2 Å². The Morgan fingerprint density at radius 3 is 2.44 bits per heavy atom. The normalized spacial score (nSPS) is 10.9. The first-order chi connectivity index (χ1) is 16.3. The molecule has 180 valence electrons. The highest BCUT2D eigenvalue weighted by Crippen LogP contribution is 2.40. The Hall–Kier alpha value is -3.12. The lowest BCUT2D eigenvalue weighted by Gasteiger charge is -2.12. The third-order valence-electron chi connectivity index (χ3n) is 5.56. The summed E-state index contributed by atoms with van der Waals surface area (Å²) >= 11 is 1.40. The van der Waals surface area contributed by atoms with E-state index in [1.165, 1.54) is 22.5 Å². The summed E-state index contributed by atoms with van der Waals surface area (Å²) in [6.45, 7) is 10.9. The molecule has 0 atom stereocenters. The maximum Gasteiger partial charge on any atom is 0.341 e. The minimum absolute atomic E-state index is 0.152. The van der Waals surface area contributed by atoms with Crippen LogP contribution >= 0.6 is 11.3 Å². The van der Waals surface area contributed by atoms with Crippen LogP contribution in [0.4, 0.5) is 5.00 Å². The van der Waals surface area contributed by atoms with E-state index in [1.54, 1.807) is 6.92 Å². The average Bonchev–Trinajstić information content (AvgIpc) is 3.12. The highest BCUT2D eigenvalue weighted by molar-refractivity contribution is 7.17. The van der Waals surface area contributed by atoms with Crippen molar-refractivity contribution in [3.63, 3.8) is 0 Å². The second kappa shape index (κ2) is 11.8. The minimum Gasteiger partial charge on any atom is -0.494 e. The average molecular weight is 480 g/mol. The molecule has 1 heterocycles. The van der Waals surface area contributed by atoms with Crippen molar-refractivity contribution in [2.75, 3.05) is 18.5 Å². The molecule has 2 aromatic carbocycles. The molecule has 1 amide bonds. The second-order valence-electron chi connectivity index (χ2n) is 8.50. The van der Waals surface area contributed by atoms with Gasteiger partial charge in [0.05, 0.1) is 13.2 Å². The lowest BCUT2D eigenvalue weighted by atomic mass is 9.98. The van der Waals surface area contributed by atoms with Crippen molar-refractivity contribution >= 4 is 28.2 Å². The smallest absolute Gasteiger partial charge is 0.341 e. The number of hydrogen-bond acceptors (Lipinski definition) is 5. The predicted molar refractivity (Wildman–Crippen MR) is 139 cm³/mol. The van der Waals surface area contributed by atoms with E-state index in [9.17, 15) is 9.59 Å². The zero-order valence-corrected chi connectivity index (χ0v) is 21.4. The fraction of sp³-hybridized carbons (Fsp3) is 0.357. The van der Waals surface area contributed by atoms with E-state index < -0.39 is 5.97 Å². The number of ether oxygens (including phenoxy) is 2. The highest BCUT2D eigenvalue weighted by Gasteiger charge is 2.25. The van der Waals surface area contributed by atoms with Crippen LogP contribution in [-0.2, 0) is 9.53 Å². The number of nitrogens with one attached hydrogen (secondary N) is 1. The number of esters is 1. The molecule has 5 nitrogen and oxygen atoms in total. The zero-order valence-electron chi connectivity index (χ0n) is 20.6. The molecule has 1 aromatic heterocycles. The summed E-state index contributed by atoms with van der Waals surface area (Å²) in [6.07, 6.45) is 0.865. The van der Waals surface area contributed by atoms with Crippen LogP contribution < -0.4 is 10.1 Å². The van der Waals surface area contributed by atoms with Gasteiger partial charge in [-0.15, -0.1) is 11.3 Å². The Morgan fingerprint density at radius 1 is 1.06 bits per heavy atom. The molecule has 0 spiro atoms. The highest BCUT2D eigenvalue weighted by atomic mass is 32.1. The monoisotopic (exact) mass is 479 g/mol. The maximum atomic E-state index is 12.8. The van der Waals surface area contributed by atoms with Crippen LogP contribution in [0.2, 0.25) is 0 Å². The Bertz CT molecular complexity index is 1130. The van der Waals surface area contributed by atoms with Crippen LogP contribution in [0.25, 0.3) is 11.1 Å². The van der Waals surface area contributed by atoms with E-state index >= 15 is 0 Å². The van der Waals surface area contributed by atoms with Crippen molar-refractivity contribution in [2.24, 2.45) is 0 Å². The van der Waals surface area contributed by atoms with Gasteiger partial charge >= 0.3 is 5.97 Å². The number of thiophene rings is 1. The second-order valence-corrected chi connectivity index (χ2v) is 9.72. The molecule has 3 rings (SSSR count). The quantitative estimate of drug-likeness (QED) is 0.248. The van der Waals surface area contributed by atoms with Gasteiger partial charge in [0.25, 0.3) is 0 Å². The lowest BCUT2D eigenvalue weighted by molar-refractivity contribution is -0.116. The van der Waals surface area contributed by atoms with Gasteiger partial charge in [-0.2, -0.15) is 0 Å². The number of benzene rings is 2. The molecule has 0 saturated heterocycles. The SMILES string of the molecule is CCOC(=O)c1c(NC(=O)CCCOc2ccc(C(C)C)c(C)c2)sc(C)c1-c1ccccc1. The van der Waals surface area contributed by atoms with Gasteiger partial charge in [-0.05, 0) is 61.9 Å². The topological polar surface area (TPSA) is 64.6 Å². The van der Waals surface area contributed by atoms with Crippen LogP contribution in [0.3, 0.4) is 0 Å². The molecule has 0 aliphatic carbocycles. The third kappa shape index (κ3) is 6.26. The molecular weight excluding hydrogens is 446 g/mol. The van der Waals surface area contributed by atoms with Crippen LogP contribution in [0, 0.1) is 13.8 Å². The van der Waals surface area contributed by atoms with Crippen LogP contribution in [-0.4, -0.2) is 25.1 Å². The molecule has 0 radical (unpaired) electrons. The minimum atomic E-state index is -0.426. The van der Waals surface area contributed by atoms with Gasteiger partial charge in [-0.25, -0.2) is 4.79 Å². The summed E-state index contributed by atoms with van der Waals surface area (Å²) in [7, 11) is 0. The number of anilines is 1. The van der Waals surface area contributed by atoms with Crippen molar-refractivity contribution in [1.82, 2.24) is 0 Å². The maximum absolute atomic E-state index is 12.8. The van der Waals surface area contributed by atoms with Gasteiger partial charge in [0.1, 0.15) is 16.3 Å². The molecular formula is C28H33NO4S. The Kier molecular flexibility index (Phi) is 8.88. The standard InChI is InChI=1S/C28H33NO4S/c1-6-32-28(31)26-25(21-11-8-7-9-12-21)20(5)34-27(26)29-24(30)13-10-16-33-22-14-15-23(18(2)3)19(4)17-22/h7-9,11-12,14-15,17-18H,6,10,13,16H2,1-5H3,(H,29,30). The molecule has 6 heteroatoms. The van der Waals surface area contributed by atoms with Crippen molar-refractivity contribution in [1.29, 1.82) is 0 Å². The largest absolute Gasteiger partial charge is 0.494 e. The summed E-state index contributed by atoms with van der Waals surface area (Å²) in [4.78, 5) is 26.4. The lowest BCUT2D eigenvalue weighted by Crippen LogP contribution is -2.15. The van der Waals surface area contributed by atoms with Crippen LogP contribution in [0.5, 0.6) is 5.75 Å². The molecule has 34 heavy (non-hydrogen) atoms. The number of rotatable bonds is 10. The number of hydrogen-bond donors (Lipinski definition) is 1. The molecule has 0 unspecified atom stereocenters. The van der Waals surface area contributed by atoms with Gasteiger partial charge in [0.15, 0.2) is 0 Å². The molecule has 0 bridgehead atoms. The summed E-state index contributed by atoms with van der Waals surface area (Å²) in [5, 5.41) is 3.46. The fourth-order valence-corrected chi connectivity index (χ4v) is 5.06. The summed E-state index contributed by atoms with van der Waals surface area (Å²) in [6, 6.07) is 15.8. The van der Waals surface area contributed by atoms with Crippen LogP contribution in [0.1, 0.15) is 65.9 Å². The molecule has 0 saturated carbocycles. The van der Waals surface area contributed by atoms with Gasteiger partial charge < -0.3 is 14.8 Å². The van der Waals surface area contributed by atoms with E-state index in [0.717, 1.165) is 21.8 Å². The van der Waals surface area contributed by atoms with E-state index in [2.05, 4.69) is 32.2 Å². The Morgan fingerprint density at radius 2 is 1.79 bits per heavy atom. The van der Waals surface area contributed by atoms with Gasteiger partial charge in [0.2, 0.25) is 5.91 Å². The molecule has 0 fully saturated rings. The summed E-state index contributed by atoms with van der Waals surface area (Å²) in [5.74, 6) is 0.708. The van der Waals surface area contributed by atoms with E-state index in [1.807, 2.05) is 49.4 Å². The number of aryl methyl sites for hydroxylation is 2. The summed E-state index contributed by atoms with van der Waals surface area (Å²) < 4.78 is 11.1. The van der Waals surface area contributed by atoms with E-state index in [4.69, 9.17) is 9.47 Å². The number of carbonyl (C=O) groups excluding carboxylic acids is 2. The molecule has 0 aliphatic heterocycles. The molecule has 3 aromatic rings. The van der Waals surface area contributed by atoms with Gasteiger partial charge in [-0.3, -0.25) is 4.79 Å². The predicted octanol–water partition coefficient (Wildman–Crippen LogP) is 7.13. The van der Waals surface area contributed by atoms with Crippen LogP contribution in [0.15, 0.2) is 48.5 Å². The number of carbonyl (C=O) groups is 2. The Labute approximate surface area is 206 Å². The fourth-order valence-electron chi connectivity index (χ4n) is 3.98. The van der Waals surface area contributed by atoms with E-state index in [-0.39, 0.29) is 12.5 Å². The first-order valence-electron chi connectivity index (χ1n) is 11.7. The first kappa shape index (κ1) is 25.5. The zero-order chi connectivity index (χ0) is 24.7. The van der Waals surface area contributed by atoms with E-state index in [0.29, 0.717) is 35.9 Å². The van der Waals surface area contributed by atoms with Crippen molar-refractivity contribution in [2.45, 2.75) is 53.4 Å². The molecule has 1 N–H and O–H groups in total. The Balaban J connectivity index is 1.64. The number of amides is 1. The van der Waals surface area contributed by atoms with Crippen molar-refractivity contribution < 1.29 is 19.1 Å². The van der Waals surface area contributed by atoms with Crippen molar-refractivity contribution in [3.8, 4) is 16.9 Å². The summed E-state index contributed by atoms with van der Waals surface area (Å²) in [5.41, 5.74) is 4.67. The third-order valence-corrected chi connectivity index (χ3v) is 6.58.